The van der Waals surface area contributed by atoms with Crippen molar-refractivity contribution in [3.05, 3.63) is 29.8 Å². The standard InChI is InChI=1S/C18H27N3O3.2ClH/c22-18(16-4-5-19-14-16)20-13-15-2-1-3-17(12-15)24-11-8-21-6-9-23-10-7-21;;/h1-3,12,16,19H,4-11,13-14H2,(H,20,22);2*1H. The Morgan fingerprint density at radius 3 is 2.85 bits per heavy atom. The molecule has 2 aliphatic rings. The minimum atomic E-state index is 0. The number of rotatable bonds is 7. The highest BCUT2D eigenvalue weighted by Crippen LogP contribution is 2.14. The first-order valence-corrected chi connectivity index (χ1v) is 8.81. The van der Waals surface area contributed by atoms with Gasteiger partial charge >= 0.3 is 0 Å². The molecule has 1 unspecified atom stereocenters. The maximum absolute atomic E-state index is 12.1. The van der Waals surface area contributed by atoms with Gasteiger partial charge in [0, 0.05) is 32.7 Å². The highest BCUT2D eigenvalue weighted by atomic mass is 35.5. The maximum atomic E-state index is 12.1. The molecule has 2 heterocycles. The lowest BCUT2D eigenvalue weighted by Crippen LogP contribution is -2.38. The molecular formula is C18H29Cl2N3O3. The van der Waals surface area contributed by atoms with Crippen LogP contribution in [0.4, 0.5) is 0 Å². The molecular weight excluding hydrogens is 377 g/mol. The van der Waals surface area contributed by atoms with Gasteiger partial charge in [-0.1, -0.05) is 12.1 Å². The van der Waals surface area contributed by atoms with Crippen LogP contribution in [0, 0.1) is 5.92 Å². The van der Waals surface area contributed by atoms with Gasteiger partial charge in [-0.05, 0) is 30.7 Å². The number of carbonyl (C=O) groups is 1. The van der Waals surface area contributed by atoms with Crippen LogP contribution in [0.15, 0.2) is 24.3 Å². The summed E-state index contributed by atoms with van der Waals surface area (Å²) < 4.78 is 11.2. The summed E-state index contributed by atoms with van der Waals surface area (Å²) in [7, 11) is 0. The minimum Gasteiger partial charge on any atom is -0.492 e. The van der Waals surface area contributed by atoms with Gasteiger partial charge in [0.15, 0.2) is 0 Å². The van der Waals surface area contributed by atoms with Crippen molar-refractivity contribution >= 4 is 30.7 Å². The summed E-state index contributed by atoms with van der Waals surface area (Å²) in [5, 5.41) is 6.24. The second kappa shape index (κ2) is 12.4. The van der Waals surface area contributed by atoms with E-state index < -0.39 is 0 Å². The van der Waals surface area contributed by atoms with E-state index in [1.165, 1.54) is 0 Å². The fourth-order valence-electron chi connectivity index (χ4n) is 3.07. The SMILES string of the molecule is Cl.Cl.O=C(NCc1cccc(OCCN2CCOCC2)c1)C1CCNC1. The average Bonchev–Trinajstić information content (AvgIpc) is 3.16. The number of nitrogens with zero attached hydrogens (tertiary/aromatic N) is 1. The van der Waals surface area contributed by atoms with Gasteiger partial charge in [-0.2, -0.15) is 0 Å². The molecule has 0 bridgehead atoms. The molecule has 8 heteroatoms. The van der Waals surface area contributed by atoms with E-state index in [9.17, 15) is 4.79 Å². The summed E-state index contributed by atoms with van der Waals surface area (Å²) in [6.07, 6.45) is 0.927. The number of benzene rings is 1. The Bertz CT molecular complexity index is 536. The number of carbonyl (C=O) groups excluding carboxylic acids is 1. The Morgan fingerprint density at radius 1 is 1.31 bits per heavy atom. The normalized spacial score (nSPS) is 19.9. The maximum Gasteiger partial charge on any atom is 0.224 e. The third kappa shape index (κ3) is 7.29. The van der Waals surface area contributed by atoms with Gasteiger partial charge in [0.25, 0.3) is 0 Å². The first-order valence-electron chi connectivity index (χ1n) is 8.81. The van der Waals surface area contributed by atoms with Crippen molar-refractivity contribution in [1.29, 1.82) is 0 Å². The van der Waals surface area contributed by atoms with Crippen molar-refractivity contribution in [2.75, 3.05) is 52.5 Å². The number of morpholine rings is 1. The average molecular weight is 406 g/mol. The molecule has 3 rings (SSSR count). The Kier molecular flexibility index (Phi) is 10.9. The molecule has 1 amide bonds. The molecule has 26 heavy (non-hydrogen) atoms. The van der Waals surface area contributed by atoms with Crippen LogP contribution in [-0.2, 0) is 16.1 Å². The number of halogens is 2. The predicted octanol–water partition coefficient (Wildman–Crippen LogP) is 1.47. The Labute approximate surface area is 167 Å². The van der Waals surface area contributed by atoms with E-state index >= 15 is 0 Å². The quantitative estimate of drug-likeness (QED) is 0.718. The van der Waals surface area contributed by atoms with Gasteiger partial charge in [-0.25, -0.2) is 0 Å². The molecule has 1 atom stereocenters. The summed E-state index contributed by atoms with van der Waals surface area (Å²) in [6, 6.07) is 7.96. The third-order valence-corrected chi connectivity index (χ3v) is 4.58. The number of ether oxygens (including phenoxy) is 2. The lowest BCUT2D eigenvalue weighted by atomic mass is 10.1. The van der Waals surface area contributed by atoms with E-state index in [1.807, 2.05) is 24.3 Å². The molecule has 2 fully saturated rings. The summed E-state index contributed by atoms with van der Waals surface area (Å²) in [5.74, 6) is 1.11. The minimum absolute atomic E-state index is 0. The zero-order valence-corrected chi connectivity index (χ0v) is 16.6. The first kappa shape index (κ1) is 23.0. The monoisotopic (exact) mass is 405 g/mol. The highest BCUT2D eigenvalue weighted by Gasteiger charge is 2.21. The van der Waals surface area contributed by atoms with E-state index in [4.69, 9.17) is 9.47 Å². The molecule has 2 N–H and O–H groups in total. The van der Waals surface area contributed by atoms with E-state index in [-0.39, 0.29) is 36.6 Å². The molecule has 2 aliphatic heterocycles. The summed E-state index contributed by atoms with van der Waals surface area (Å²) in [5.41, 5.74) is 1.07. The lowest BCUT2D eigenvalue weighted by molar-refractivity contribution is -0.124. The molecule has 0 saturated carbocycles. The van der Waals surface area contributed by atoms with Crippen molar-refractivity contribution in [3.8, 4) is 5.75 Å². The highest BCUT2D eigenvalue weighted by molar-refractivity contribution is 5.85. The van der Waals surface area contributed by atoms with Crippen LogP contribution in [0.1, 0.15) is 12.0 Å². The van der Waals surface area contributed by atoms with Gasteiger partial charge < -0.3 is 20.1 Å². The van der Waals surface area contributed by atoms with Gasteiger partial charge in [0.1, 0.15) is 12.4 Å². The van der Waals surface area contributed by atoms with Crippen LogP contribution in [0.2, 0.25) is 0 Å². The third-order valence-electron chi connectivity index (χ3n) is 4.58. The van der Waals surface area contributed by atoms with Crippen LogP contribution in [-0.4, -0.2) is 63.4 Å². The Hall–Kier alpha value is -1.05. The predicted molar refractivity (Wildman–Crippen MR) is 107 cm³/mol. The topological polar surface area (TPSA) is 62.8 Å². The van der Waals surface area contributed by atoms with Gasteiger partial charge in [-0.15, -0.1) is 24.8 Å². The fourth-order valence-corrected chi connectivity index (χ4v) is 3.07. The zero-order valence-electron chi connectivity index (χ0n) is 14.9. The van der Waals surface area contributed by atoms with Crippen molar-refractivity contribution in [2.45, 2.75) is 13.0 Å². The summed E-state index contributed by atoms with van der Waals surface area (Å²) in [4.78, 5) is 14.4. The second-order valence-electron chi connectivity index (χ2n) is 6.36. The first-order chi connectivity index (χ1) is 11.8. The van der Waals surface area contributed by atoms with Crippen LogP contribution < -0.4 is 15.4 Å². The van der Waals surface area contributed by atoms with E-state index in [1.54, 1.807) is 0 Å². The van der Waals surface area contributed by atoms with Crippen LogP contribution in [0.25, 0.3) is 0 Å². The molecule has 0 spiro atoms. The number of hydrogen-bond donors (Lipinski definition) is 2. The van der Waals surface area contributed by atoms with Crippen LogP contribution in [0.3, 0.4) is 0 Å². The Morgan fingerprint density at radius 2 is 2.12 bits per heavy atom. The van der Waals surface area contributed by atoms with E-state index in [0.29, 0.717) is 13.2 Å². The second-order valence-corrected chi connectivity index (χ2v) is 6.36. The summed E-state index contributed by atoms with van der Waals surface area (Å²) >= 11 is 0. The lowest BCUT2D eigenvalue weighted by Gasteiger charge is -2.26. The molecule has 0 radical (unpaired) electrons. The van der Waals surface area contributed by atoms with Crippen LogP contribution in [0.5, 0.6) is 5.75 Å². The van der Waals surface area contributed by atoms with Crippen molar-refractivity contribution < 1.29 is 14.3 Å². The number of hydrogen-bond acceptors (Lipinski definition) is 5. The van der Waals surface area contributed by atoms with E-state index in [0.717, 1.165) is 63.7 Å². The molecule has 0 aromatic heterocycles. The zero-order chi connectivity index (χ0) is 16.6. The van der Waals surface area contributed by atoms with Crippen molar-refractivity contribution in [2.24, 2.45) is 5.92 Å². The molecule has 6 nitrogen and oxygen atoms in total. The molecule has 148 valence electrons. The molecule has 1 aromatic carbocycles. The fraction of sp³-hybridized carbons (Fsp3) is 0.611. The van der Waals surface area contributed by atoms with Crippen molar-refractivity contribution in [3.63, 3.8) is 0 Å². The molecule has 1 aromatic rings. The molecule has 0 aliphatic carbocycles. The van der Waals surface area contributed by atoms with Gasteiger partial charge in [-0.3, -0.25) is 9.69 Å². The van der Waals surface area contributed by atoms with Crippen LogP contribution >= 0.6 is 24.8 Å². The molecule has 2 saturated heterocycles. The Balaban J connectivity index is 0.00000169. The number of amides is 1. The van der Waals surface area contributed by atoms with Gasteiger partial charge in [0.05, 0.1) is 19.1 Å². The summed E-state index contributed by atoms with van der Waals surface area (Å²) in [6.45, 7) is 7.44. The van der Waals surface area contributed by atoms with Gasteiger partial charge in [0.2, 0.25) is 5.91 Å². The smallest absolute Gasteiger partial charge is 0.224 e. The van der Waals surface area contributed by atoms with E-state index in [2.05, 4.69) is 15.5 Å². The number of nitrogens with one attached hydrogen (secondary N) is 2. The van der Waals surface area contributed by atoms with Crippen molar-refractivity contribution in [1.82, 2.24) is 15.5 Å². The largest absolute Gasteiger partial charge is 0.492 e.